The van der Waals surface area contributed by atoms with E-state index in [0.29, 0.717) is 17.7 Å². The maximum Gasteiger partial charge on any atom is 0.238 e. The van der Waals surface area contributed by atoms with E-state index in [1.807, 2.05) is 38.1 Å². The number of benzene rings is 1. The van der Waals surface area contributed by atoms with Crippen molar-refractivity contribution in [3.8, 4) is 24.2 Å². The number of nitrogens with zero attached hydrogens (tertiary/aromatic N) is 1. The Balaban J connectivity index is 2.31. The molecule has 0 spiro atoms. The van der Waals surface area contributed by atoms with Crippen molar-refractivity contribution in [3.05, 3.63) is 35.4 Å². The highest BCUT2D eigenvalue weighted by molar-refractivity contribution is 5.65. The van der Waals surface area contributed by atoms with Gasteiger partial charge in [-0.2, -0.15) is 5.26 Å². The van der Waals surface area contributed by atoms with Gasteiger partial charge in [0, 0.05) is 5.56 Å². The molecule has 1 aromatic carbocycles. The first-order chi connectivity index (χ1) is 9.11. The molecule has 0 N–H and O–H groups in total. The second-order valence-corrected chi connectivity index (χ2v) is 4.55. The lowest BCUT2D eigenvalue weighted by molar-refractivity contribution is -0.120. The average molecular weight is 253 g/mol. The Labute approximate surface area is 113 Å². The zero-order chi connectivity index (χ0) is 13.9. The highest BCUT2D eigenvalue weighted by Gasteiger charge is 2.31. The van der Waals surface area contributed by atoms with Crippen molar-refractivity contribution < 1.29 is 9.47 Å². The van der Waals surface area contributed by atoms with Crippen molar-refractivity contribution >= 4 is 6.08 Å². The Kier molecular flexibility index (Phi) is 3.60. The van der Waals surface area contributed by atoms with Crippen LogP contribution < -0.4 is 4.74 Å². The molecule has 1 aliphatic heterocycles. The second kappa shape index (κ2) is 5.18. The first kappa shape index (κ1) is 13.2. The molecule has 3 nitrogen and oxygen atoms in total. The van der Waals surface area contributed by atoms with Crippen LogP contribution in [0.2, 0.25) is 0 Å². The minimum Gasteiger partial charge on any atom is -0.459 e. The molecule has 96 valence electrons. The molecule has 0 saturated carbocycles. The molecule has 0 amide bonds. The molecule has 0 aromatic heterocycles. The molecule has 0 fully saturated rings. The molecule has 0 saturated heterocycles. The molecule has 2 rings (SSSR count). The molecule has 1 heterocycles. The van der Waals surface area contributed by atoms with Crippen molar-refractivity contribution in [1.82, 2.24) is 0 Å². The summed E-state index contributed by atoms with van der Waals surface area (Å²) in [7, 11) is 0. The third kappa shape index (κ3) is 2.62. The van der Waals surface area contributed by atoms with Gasteiger partial charge in [0.25, 0.3) is 0 Å². The summed E-state index contributed by atoms with van der Waals surface area (Å²) in [5.41, 5.74) is 0.554. The molecule has 19 heavy (non-hydrogen) atoms. The van der Waals surface area contributed by atoms with Gasteiger partial charge in [-0.1, -0.05) is 31.0 Å². The maximum atomic E-state index is 9.20. The second-order valence-electron chi connectivity index (χ2n) is 4.55. The molecule has 1 aromatic rings. The van der Waals surface area contributed by atoms with Gasteiger partial charge in [0.05, 0.1) is 5.57 Å². The number of hydrogen-bond donors (Lipinski definition) is 0. The van der Waals surface area contributed by atoms with E-state index in [0.717, 1.165) is 5.56 Å². The fourth-order valence-electron chi connectivity index (χ4n) is 1.75. The summed E-state index contributed by atoms with van der Waals surface area (Å²) in [4.78, 5) is 0. The van der Waals surface area contributed by atoms with Crippen molar-refractivity contribution in [2.24, 2.45) is 0 Å². The van der Waals surface area contributed by atoms with E-state index in [4.69, 9.17) is 15.9 Å². The van der Waals surface area contributed by atoms with Crippen LogP contribution in [0.5, 0.6) is 5.75 Å². The van der Waals surface area contributed by atoms with E-state index >= 15 is 0 Å². The number of para-hydroxylation sites is 1. The molecular formula is C16H15NO2. The van der Waals surface area contributed by atoms with Gasteiger partial charge < -0.3 is 9.47 Å². The average Bonchev–Trinajstić information content (AvgIpc) is 2.46. The van der Waals surface area contributed by atoms with E-state index in [-0.39, 0.29) is 0 Å². The lowest BCUT2D eigenvalue weighted by Gasteiger charge is -2.31. The van der Waals surface area contributed by atoms with Gasteiger partial charge in [-0.3, -0.25) is 0 Å². The first-order valence-corrected chi connectivity index (χ1v) is 6.15. The molecule has 0 aliphatic carbocycles. The van der Waals surface area contributed by atoms with Crippen LogP contribution in [0.15, 0.2) is 29.8 Å². The van der Waals surface area contributed by atoms with Crippen LogP contribution in [0.3, 0.4) is 0 Å². The van der Waals surface area contributed by atoms with Crippen LogP contribution in [0.25, 0.3) is 6.08 Å². The van der Waals surface area contributed by atoms with Gasteiger partial charge in [0.15, 0.2) is 0 Å². The Morgan fingerprint density at radius 3 is 2.84 bits per heavy atom. The van der Waals surface area contributed by atoms with E-state index in [1.54, 1.807) is 6.08 Å². The Bertz CT molecular complexity index is 592. The minimum atomic E-state index is -0.749. The summed E-state index contributed by atoms with van der Waals surface area (Å²) in [5.74, 6) is 3.30. The topological polar surface area (TPSA) is 42.2 Å². The summed E-state index contributed by atoms with van der Waals surface area (Å²) in [6, 6.07) is 9.61. The van der Waals surface area contributed by atoms with Crippen molar-refractivity contribution in [3.63, 3.8) is 0 Å². The lowest BCUT2D eigenvalue weighted by Crippen LogP contribution is -2.36. The molecule has 0 radical (unpaired) electrons. The summed E-state index contributed by atoms with van der Waals surface area (Å²) >= 11 is 0. The van der Waals surface area contributed by atoms with Gasteiger partial charge in [-0.25, -0.2) is 0 Å². The van der Waals surface area contributed by atoms with Gasteiger partial charge >= 0.3 is 0 Å². The lowest BCUT2D eigenvalue weighted by atomic mass is 10.0. The summed E-state index contributed by atoms with van der Waals surface area (Å²) in [6.07, 6.45) is 7.15. The molecule has 3 heteroatoms. The molecular weight excluding hydrogens is 238 g/mol. The molecule has 2 unspecified atom stereocenters. The fraction of sp³-hybridized carbons (Fsp3) is 0.312. The molecule has 2 atom stereocenters. The predicted octanol–water partition coefficient (Wildman–Crippen LogP) is 3.13. The Morgan fingerprint density at radius 2 is 2.21 bits per heavy atom. The highest BCUT2D eigenvalue weighted by atomic mass is 16.7. The Hall–Kier alpha value is -2.23. The number of fused-ring (bicyclic) bond motifs is 1. The number of terminal acetylenes is 1. The summed E-state index contributed by atoms with van der Waals surface area (Å²) < 4.78 is 11.5. The predicted molar refractivity (Wildman–Crippen MR) is 73.1 cm³/mol. The van der Waals surface area contributed by atoms with Crippen molar-refractivity contribution in [2.45, 2.75) is 32.2 Å². The number of rotatable bonds is 3. The van der Waals surface area contributed by atoms with E-state index < -0.39 is 11.9 Å². The minimum absolute atomic E-state index is 0.425. The van der Waals surface area contributed by atoms with Crippen LogP contribution in [-0.4, -0.2) is 11.9 Å². The Morgan fingerprint density at radius 1 is 1.47 bits per heavy atom. The van der Waals surface area contributed by atoms with Crippen molar-refractivity contribution in [2.75, 3.05) is 0 Å². The standard InChI is InChI=1S/C16H15NO2/c1-4-16(3,5-2)19-15-13(11-17)10-12-8-6-7-9-14(12)18-15/h1,6-10,15H,5H2,2-3H3. The van der Waals surface area contributed by atoms with E-state index in [9.17, 15) is 5.26 Å². The smallest absolute Gasteiger partial charge is 0.238 e. The van der Waals surface area contributed by atoms with Crippen molar-refractivity contribution in [1.29, 1.82) is 5.26 Å². The van der Waals surface area contributed by atoms with Crippen LogP contribution in [0.1, 0.15) is 25.8 Å². The molecule has 0 bridgehead atoms. The summed E-state index contributed by atoms with van der Waals surface area (Å²) in [6.45, 7) is 3.75. The zero-order valence-corrected chi connectivity index (χ0v) is 11.0. The fourth-order valence-corrected chi connectivity index (χ4v) is 1.75. The highest BCUT2D eigenvalue weighted by Crippen LogP contribution is 2.31. The number of hydrogen-bond acceptors (Lipinski definition) is 3. The normalized spacial score (nSPS) is 20.0. The molecule has 1 aliphatic rings. The van der Waals surface area contributed by atoms with Gasteiger partial charge in [0.1, 0.15) is 17.4 Å². The quantitative estimate of drug-likeness (QED) is 0.777. The third-order valence-corrected chi connectivity index (χ3v) is 3.19. The van der Waals surface area contributed by atoms with E-state index in [2.05, 4.69) is 12.0 Å². The van der Waals surface area contributed by atoms with Crippen LogP contribution in [-0.2, 0) is 4.74 Å². The van der Waals surface area contributed by atoms with Gasteiger partial charge in [0.2, 0.25) is 6.29 Å². The van der Waals surface area contributed by atoms with Crippen LogP contribution in [0.4, 0.5) is 0 Å². The van der Waals surface area contributed by atoms with E-state index in [1.165, 1.54) is 0 Å². The first-order valence-electron chi connectivity index (χ1n) is 6.15. The van der Waals surface area contributed by atoms with Crippen LogP contribution in [0, 0.1) is 23.7 Å². The number of nitriles is 1. The largest absolute Gasteiger partial charge is 0.459 e. The zero-order valence-electron chi connectivity index (χ0n) is 11.0. The summed E-state index contributed by atoms with van der Waals surface area (Å²) in [5, 5.41) is 9.20. The van der Waals surface area contributed by atoms with Gasteiger partial charge in [-0.05, 0) is 25.5 Å². The van der Waals surface area contributed by atoms with Crippen LogP contribution >= 0.6 is 0 Å². The third-order valence-electron chi connectivity index (χ3n) is 3.19. The SMILES string of the molecule is C#CC(C)(CC)OC1Oc2ccccc2C=C1C#N. The van der Waals surface area contributed by atoms with Gasteiger partial charge in [-0.15, -0.1) is 6.42 Å². The monoisotopic (exact) mass is 253 g/mol. The number of ether oxygens (including phenoxy) is 2. The maximum absolute atomic E-state index is 9.20.